The van der Waals surface area contributed by atoms with E-state index in [4.69, 9.17) is 4.74 Å². The molecule has 0 aliphatic carbocycles. The van der Waals surface area contributed by atoms with E-state index in [0.29, 0.717) is 19.1 Å². The van der Waals surface area contributed by atoms with E-state index in [1.807, 2.05) is 34.6 Å². The summed E-state index contributed by atoms with van der Waals surface area (Å²) in [6.45, 7) is 9.47. The number of carbonyl (C=O) groups excluding carboxylic acids is 5. The Morgan fingerprint density at radius 3 is 1.88 bits per heavy atom. The molecule has 9 nitrogen and oxygen atoms in total. The quantitative estimate of drug-likeness (QED) is 0.228. The summed E-state index contributed by atoms with van der Waals surface area (Å²) in [5, 5.41) is 7.79. The number of hydrogen-bond donors (Lipinski definition) is 3. The fourth-order valence-corrected chi connectivity index (χ4v) is 3.34. The molecule has 1 aromatic rings. The Morgan fingerprint density at radius 2 is 1.38 bits per heavy atom. The van der Waals surface area contributed by atoms with E-state index in [0.717, 1.165) is 6.42 Å². The van der Waals surface area contributed by atoms with Gasteiger partial charge in [-0.05, 0) is 43.2 Å². The van der Waals surface area contributed by atoms with E-state index in [9.17, 15) is 24.0 Å². The van der Waals surface area contributed by atoms with Crippen LogP contribution in [-0.2, 0) is 19.1 Å². The summed E-state index contributed by atoms with van der Waals surface area (Å²) in [6.07, 6.45) is 1.46. The lowest BCUT2D eigenvalue weighted by atomic mass is 10.00. The molecule has 0 saturated carbocycles. The van der Waals surface area contributed by atoms with E-state index >= 15 is 0 Å². The molecule has 0 fully saturated rings. The number of alkyl carbamates (subject to hydrolysis) is 1. The average molecular weight is 476 g/mol. The van der Waals surface area contributed by atoms with Crippen molar-refractivity contribution >= 4 is 30.2 Å². The molecule has 0 aliphatic rings. The first-order valence-corrected chi connectivity index (χ1v) is 11.7. The minimum atomic E-state index is -1.05. The Kier molecular flexibility index (Phi) is 12.6. The highest BCUT2D eigenvalue weighted by Crippen LogP contribution is 2.10. The largest absolute Gasteiger partial charge is 0.415 e. The summed E-state index contributed by atoms with van der Waals surface area (Å²) in [4.78, 5) is 61.5. The number of benzene rings is 1. The van der Waals surface area contributed by atoms with Crippen LogP contribution in [0.5, 0.6) is 0 Å². The Morgan fingerprint density at radius 1 is 0.853 bits per heavy atom. The summed E-state index contributed by atoms with van der Waals surface area (Å²) >= 11 is 0. The van der Waals surface area contributed by atoms with Gasteiger partial charge >= 0.3 is 12.1 Å². The predicted octanol–water partition coefficient (Wildman–Crippen LogP) is 2.98. The number of carbonyl (C=O) groups is 5. The Labute approximate surface area is 201 Å². The number of esters is 1. The van der Waals surface area contributed by atoms with Crippen LogP contribution in [-0.4, -0.2) is 48.3 Å². The average Bonchev–Trinajstić information content (AvgIpc) is 2.77. The first-order chi connectivity index (χ1) is 16.1. The van der Waals surface area contributed by atoms with Crippen LogP contribution < -0.4 is 16.0 Å². The molecule has 0 unspecified atom stereocenters. The monoisotopic (exact) mass is 475 g/mol. The maximum absolute atomic E-state index is 13.0. The van der Waals surface area contributed by atoms with E-state index in [1.54, 1.807) is 18.2 Å². The SMILES string of the molecule is CCC[C@@H](C=O)NC(=O)[C@H](CC(C)C)NC(=O)[C@H](CC(C)C)NC(=O)OC(=O)c1ccccc1. The van der Waals surface area contributed by atoms with E-state index in [-0.39, 0.29) is 23.8 Å². The van der Waals surface area contributed by atoms with Crippen molar-refractivity contribution in [3.63, 3.8) is 0 Å². The molecule has 34 heavy (non-hydrogen) atoms. The van der Waals surface area contributed by atoms with Crippen LogP contribution in [0.25, 0.3) is 0 Å². The molecular formula is C25H37N3O6. The molecule has 3 amide bonds. The number of ether oxygens (including phenoxy) is 1. The lowest BCUT2D eigenvalue weighted by molar-refractivity contribution is -0.131. The molecule has 3 N–H and O–H groups in total. The minimum Gasteiger partial charge on any atom is -0.373 e. The van der Waals surface area contributed by atoms with E-state index in [2.05, 4.69) is 16.0 Å². The summed E-state index contributed by atoms with van der Waals surface area (Å²) in [5.41, 5.74) is 0.202. The van der Waals surface area contributed by atoms with Crippen molar-refractivity contribution in [3.8, 4) is 0 Å². The summed E-state index contributed by atoms with van der Waals surface area (Å²) < 4.78 is 4.82. The van der Waals surface area contributed by atoms with Crippen molar-refractivity contribution in [2.45, 2.75) is 78.4 Å². The highest BCUT2D eigenvalue weighted by Gasteiger charge is 2.29. The predicted molar refractivity (Wildman–Crippen MR) is 128 cm³/mol. The van der Waals surface area contributed by atoms with Gasteiger partial charge < -0.3 is 25.5 Å². The Bertz CT molecular complexity index is 825. The minimum absolute atomic E-state index is 0.0299. The molecule has 0 radical (unpaired) electrons. The van der Waals surface area contributed by atoms with Gasteiger partial charge in [0.2, 0.25) is 11.8 Å². The Hall–Kier alpha value is -3.23. The van der Waals surface area contributed by atoms with Crippen molar-refractivity contribution in [1.29, 1.82) is 0 Å². The first-order valence-electron chi connectivity index (χ1n) is 11.7. The van der Waals surface area contributed by atoms with E-state index in [1.165, 1.54) is 12.1 Å². The number of amides is 3. The van der Waals surface area contributed by atoms with Crippen LogP contribution in [0, 0.1) is 11.8 Å². The smallest absolute Gasteiger partial charge is 0.373 e. The molecule has 9 heteroatoms. The van der Waals surface area contributed by atoms with Crippen LogP contribution in [0.15, 0.2) is 30.3 Å². The lowest BCUT2D eigenvalue weighted by Crippen LogP contribution is -2.55. The third kappa shape index (κ3) is 10.6. The molecule has 1 aromatic carbocycles. The van der Waals surface area contributed by atoms with Crippen LogP contribution in [0.3, 0.4) is 0 Å². The standard InChI is InChI=1S/C25H37N3O6/c1-6-10-19(15-29)26-22(30)20(13-16(2)3)27-23(31)21(14-17(4)5)28-25(33)34-24(32)18-11-8-7-9-12-18/h7-9,11-12,15-17,19-21H,6,10,13-14H2,1-5H3,(H,26,30)(H,27,31)(H,28,33)/t19-,20-,21-/m0/s1. The van der Waals surface area contributed by atoms with Crippen molar-refractivity contribution in [2.24, 2.45) is 11.8 Å². The molecule has 0 spiro atoms. The number of rotatable bonds is 13. The second-order valence-corrected chi connectivity index (χ2v) is 9.10. The normalized spacial score (nSPS) is 13.5. The molecule has 0 bridgehead atoms. The Balaban J connectivity index is 2.89. The maximum atomic E-state index is 13.0. The van der Waals surface area contributed by atoms with Crippen molar-refractivity contribution in [3.05, 3.63) is 35.9 Å². The fraction of sp³-hybridized carbons (Fsp3) is 0.560. The van der Waals surface area contributed by atoms with Gasteiger partial charge in [0, 0.05) is 0 Å². The van der Waals surface area contributed by atoms with Crippen molar-refractivity contribution in [2.75, 3.05) is 0 Å². The zero-order chi connectivity index (χ0) is 25.7. The summed E-state index contributed by atoms with van der Waals surface area (Å²) in [6, 6.07) is 5.48. The van der Waals surface area contributed by atoms with Crippen LogP contribution >= 0.6 is 0 Å². The van der Waals surface area contributed by atoms with Gasteiger partial charge in [0.1, 0.15) is 18.4 Å². The van der Waals surface area contributed by atoms with E-state index < -0.39 is 42.0 Å². The second-order valence-electron chi connectivity index (χ2n) is 9.10. The van der Waals surface area contributed by atoms with Gasteiger partial charge in [0.05, 0.1) is 11.6 Å². The highest BCUT2D eigenvalue weighted by atomic mass is 16.6. The topological polar surface area (TPSA) is 131 Å². The molecule has 1 rings (SSSR count). The van der Waals surface area contributed by atoms with Gasteiger partial charge in [-0.15, -0.1) is 0 Å². The van der Waals surface area contributed by atoms with Crippen LogP contribution in [0.1, 0.15) is 70.7 Å². The third-order valence-electron chi connectivity index (χ3n) is 4.94. The van der Waals surface area contributed by atoms with Crippen LogP contribution in [0.4, 0.5) is 4.79 Å². The lowest BCUT2D eigenvalue weighted by Gasteiger charge is -2.25. The molecule has 3 atom stereocenters. The van der Waals surface area contributed by atoms with Gasteiger partial charge in [-0.25, -0.2) is 9.59 Å². The van der Waals surface area contributed by atoms with Gasteiger partial charge in [0.15, 0.2) is 0 Å². The molecule has 0 aromatic heterocycles. The third-order valence-corrected chi connectivity index (χ3v) is 4.94. The number of hydrogen-bond acceptors (Lipinski definition) is 6. The molecule has 0 saturated heterocycles. The summed E-state index contributed by atoms with van der Waals surface area (Å²) in [5.74, 6) is -1.76. The van der Waals surface area contributed by atoms with Gasteiger partial charge in [-0.3, -0.25) is 9.59 Å². The van der Waals surface area contributed by atoms with Gasteiger partial charge in [0.25, 0.3) is 0 Å². The van der Waals surface area contributed by atoms with Crippen molar-refractivity contribution < 1.29 is 28.7 Å². The van der Waals surface area contributed by atoms with Crippen LogP contribution in [0.2, 0.25) is 0 Å². The zero-order valence-electron chi connectivity index (χ0n) is 20.6. The molecule has 0 heterocycles. The maximum Gasteiger partial charge on any atom is 0.415 e. The fourth-order valence-electron chi connectivity index (χ4n) is 3.34. The summed E-state index contributed by atoms with van der Waals surface area (Å²) in [7, 11) is 0. The highest BCUT2D eigenvalue weighted by molar-refractivity contribution is 5.98. The molecule has 0 aliphatic heterocycles. The van der Waals surface area contributed by atoms with Crippen molar-refractivity contribution in [1.82, 2.24) is 16.0 Å². The van der Waals surface area contributed by atoms with Gasteiger partial charge in [-0.1, -0.05) is 59.2 Å². The first kappa shape index (κ1) is 28.8. The zero-order valence-corrected chi connectivity index (χ0v) is 20.6. The number of nitrogens with one attached hydrogen (secondary N) is 3. The number of aldehydes is 1. The molecular weight excluding hydrogens is 438 g/mol. The second kappa shape index (κ2) is 14.8. The van der Waals surface area contributed by atoms with Gasteiger partial charge in [-0.2, -0.15) is 0 Å². The molecule has 188 valence electrons.